The van der Waals surface area contributed by atoms with Gasteiger partial charge in [-0.25, -0.2) is 0 Å². The minimum absolute atomic E-state index is 0.439. The maximum Gasteiger partial charge on any atom is 0.183 e. The molecule has 0 aliphatic rings. The molecule has 0 saturated heterocycles. The van der Waals surface area contributed by atoms with E-state index in [9.17, 15) is 0 Å². The number of nitrogens with zero attached hydrogens (tertiary/aromatic N) is 1. The number of benzene rings is 1. The standard InChI is InChI=1S/C28H44N/c1-4-7-9-11-14-18-25-22-23-29(24-27(25)21-15-12-10-8-5-2)28(6-3)26-19-16-13-17-20-26/h13,16-17,19-20,22-24,28H,4-12,14-15,18,21H2,1-3H3/q+1. The van der Waals surface area contributed by atoms with Crippen molar-refractivity contribution in [3.05, 3.63) is 65.5 Å². The number of aromatic nitrogens is 1. The van der Waals surface area contributed by atoms with Crippen LogP contribution in [-0.2, 0) is 12.8 Å². The third-order valence-corrected chi connectivity index (χ3v) is 6.20. The molecule has 0 spiro atoms. The van der Waals surface area contributed by atoms with Crippen molar-refractivity contribution in [3.8, 4) is 0 Å². The van der Waals surface area contributed by atoms with E-state index in [-0.39, 0.29) is 0 Å². The predicted molar refractivity (Wildman–Crippen MR) is 126 cm³/mol. The maximum absolute atomic E-state index is 2.47. The molecule has 29 heavy (non-hydrogen) atoms. The molecule has 0 N–H and O–H groups in total. The Balaban J connectivity index is 2.10. The van der Waals surface area contributed by atoms with E-state index >= 15 is 0 Å². The van der Waals surface area contributed by atoms with Crippen molar-refractivity contribution in [1.82, 2.24) is 0 Å². The Morgan fingerprint density at radius 2 is 1.24 bits per heavy atom. The Labute approximate surface area is 180 Å². The zero-order chi connectivity index (χ0) is 20.7. The summed E-state index contributed by atoms with van der Waals surface area (Å²) in [7, 11) is 0. The van der Waals surface area contributed by atoms with Crippen LogP contribution in [0.2, 0.25) is 0 Å². The second kappa shape index (κ2) is 14.4. The molecule has 0 aliphatic carbocycles. The van der Waals surface area contributed by atoms with Crippen LogP contribution in [0.4, 0.5) is 0 Å². The van der Waals surface area contributed by atoms with E-state index in [0.717, 1.165) is 6.42 Å². The van der Waals surface area contributed by atoms with Crippen LogP contribution in [-0.4, -0.2) is 0 Å². The molecular weight excluding hydrogens is 350 g/mol. The first-order valence-electron chi connectivity index (χ1n) is 12.4. The van der Waals surface area contributed by atoms with E-state index in [0.29, 0.717) is 6.04 Å². The van der Waals surface area contributed by atoms with Crippen molar-refractivity contribution in [1.29, 1.82) is 0 Å². The van der Waals surface area contributed by atoms with Crippen molar-refractivity contribution >= 4 is 0 Å². The zero-order valence-electron chi connectivity index (χ0n) is 19.3. The molecule has 1 aromatic heterocycles. The number of hydrogen-bond donors (Lipinski definition) is 0. The third kappa shape index (κ3) is 8.33. The number of aryl methyl sites for hydroxylation is 2. The molecular formula is C28H44N+. The Kier molecular flexibility index (Phi) is 11.7. The molecule has 1 aromatic carbocycles. The highest BCUT2D eigenvalue weighted by Crippen LogP contribution is 2.20. The van der Waals surface area contributed by atoms with E-state index in [1.165, 1.54) is 82.6 Å². The van der Waals surface area contributed by atoms with E-state index in [1.54, 1.807) is 11.1 Å². The van der Waals surface area contributed by atoms with Gasteiger partial charge in [0.25, 0.3) is 0 Å². The van der Waals surface area contributed by atoms with Gasteiger partial charge in [0.05, 0.1) is 0 Å². The smallest absolute Gasteiger partial charge is 0.183 e. The summed E-state index contributed by atoms with van der Waals surface area (Å²) >= 11 is 0. The molecule has 160 valence electrons. The third-order valence-electron chi connectivity index (χ3n) is 6.20. The van der Waals surface area contributed by atoms with E-state index in [4.69, 9.17) is 0 Å². The Morgan fingerprint density at radius 1 is 0.655 bits per heavy atom. The highest BCUT2D eigenvalue weighted by molar-refractivity contribution is 5.22. The van der Waals surface area contributed by atoms with Gasteiger partial charge in [-0.1, -0.05) is 102 Å². The van der Waals surface area contributed by atoms with Crippen LogP contribution in [0.5, 0.6) is 0 Å². The summed E-state index contributed by atoms with van der Waals surface area (Å²) in [4.78, 5) is 0. The molecule has 0 bridgehead atoms. The molecule has 1 nitrogen and oxygen atoms in total. The largest absolute Gasteiger partial charge is 0.198 e. The van der Waals surface area contributed by atoms with Crippen molar-refractivity contribution in [2.24, 2.45) is 0 Å². The Hall–Kier alpha value is -1.63. The summed E-state index contributed by atoms with van der Waals surface area (Å²) in [5, 5.41) is 0. The van der Waals surface area contributed by atoms with Crippen LogP contribution in [0, 0.1) is 0 Å². The molecule has 1 heteroatoms. The quantitative estimate of drug-likeness (QED) is 0.213. The Bertz CT molecular complexity index is 661. The monoisotopic (exact) mass is 394 g/mol. The van der Waals surface area contributed by atoms with Crippen LogP contribution in [0.25, 0.3) is 0 Å². The lowest BCUT2D eigenvalue weighted by atomic mass is 9.97. The summed E-state index contributed by atoms with van der Waals surface area (Å²) in [6.07, 6.45) is 22.0. The van der Waals surface area contributed by atoms with Gasteiger partial charge in [0.1, 0.15) is 0 Å². The van der Waals surface area contributed by atoms with Crippen molar-refractivity contribution < 1.29 is 4.57 Å². The van der Waals surface area contributed by atoms with E-state index in [1.807, 2.05) is 0 Å². The maximum atomic E-state index is 2.47. The first kappa shape index (κ1) is 23.6. The van der Waals surface area contributed by atoms with Gasteiger partial charge in [0, 0.05) is 23.6 Å². The molecule has 2 rings (SSSR count). The van der Waals surface area contributed by atoms with Crippen LogP contribution in [0.3, 0.4) is 0 Å². The van der Waals surface area contributed by atoms with Crippen LogP contribution >= 0.6 is 0 Å². The van der Waals surface area contributed by atoms with Gasteiger partial charge in [-0.15, -0.1) is 0 Å². The fourth-order valence-electron chi connectivity index (χ4n) is 4.38. The summed E-state index contributed by atoms with van der Waals surface area (Å²) in [6.45, 7) is 6.89. The van der Waals surface area contributed by atoms with Crippen molar-refractivity contribution in [2.75, 3.05) is 0 Å². The summed E-state index contributed by atoms with van der Waals surface area (Å²) in [5.41, 5.74) is 4.60. The average molecular weight is 395 g/mol. The topological polar surface area (TPSA) is 3.88 Å². The average Bonchev–Trinajstić information content (AvgIpc) is 2.76. The van der Waals surface area contributed by atoms with Gasteiger partial charge in [-0.3, -0.25) is 0 Å². The minimum Gasteiger partial charge on any atom is -0.198 e. The molecule has 1 atom stereocenters. The SMILES string of the molecule is CCCCCCCc1cc[n+](C(CC)c2ccccc2)cc1CCCCCCC. The lowest BCUT2D eigenvalue weighted by Crippen LogP contribution is -2.40. The van der Waals surface area contributed by atoms with Crippen LogP contribution in [0.1, 0.15) is 114 Å². The number of unbranched alkanes of at least 4 members (excludes halogenated alkanes) is 8. The first-order chi connectivity index (χ1) is 14.3. The van der Waals surface area contributed by atoms with E-state index in [2.05, 4.69) is 74.1 Å². The summed E-state index contributed by atoms with van der Waals surface area (Å²) in [5.74, 6) is 0. The minimum atomic E-state index is 0.439. The van der Waals surface area contributed by atoms with Crippen molar-refractivity contribution in [3.63, 3.8) is 0 Å². The number of hydrogen-bond acceptors (Lipinski definition) is 0. The molecule has 1 unspecified atom stereocenters. The second-order valence-corrected chi connectivity index (χ2v) is 8.61. The molecule has 0 amide bonds. The Morgan fingerprint density at radius 3 is 1.83 bits per heavy atom. The predicted octanol–water partition coefficient (Wildman–Crippen LogP) is 8.00. The normalized spacial score (nSPS) is 12.2. The fraction of sp³-hybridized carbons (Fsp3) is 0.607. The van der Waals surface area contributed by atoms with Gasteiger partial charge in [0.2, 0.25) is 0 Å². The summed E-state index contributed by atoms with van der Waals surface area (Å²) in [6, 6.07) is 13.8. The highest BCUT2D eigenvalue weighted by atomic mass is 15.0. The molecule has 2 aromatic rings. The second-order valence-electron chi connectivity index (χ2n) is 8.61. The lowest BCUT2D eigenvalue weighted by Gasteiger charge is -2.14. The molecule has 0 saturated carbocycles. The van der Waals surface area contributed by atoms with Gasteiger partial charge in [-0.2, -0.15) is 4.57 Å². The van der Waals surface area contributed by atoms with Crippen LogP contribution < -0.4 is 4.57 Å². The van der Waals surface area contributed by atoms with E-state index < -0.39 is 0 Å². The zero-order valence-corrected chi connectivity index (χ0v) is 19.3. The molecule has 0 aliphatic heterocycles. The highest BCUT2D eigenvalue weighted by Gasteiger charge is 2.20. The first-order valence-corrected chi connectivity index (χ1v) is 12.4. The van der Waals surface area contributed by atoms with Crippen molar-refractivity contribution in [2.45, 2.75) is 110 Å². The van der Waals surface area contributed by atoms with Gasteiger partial charge in [-0.05, 0) is 31.2 Å². The molecule has 0 fully saturated rings. The van der Waals surface area contributed by atoms with Crippen LogP contribution in [0.15, 0.2) is 48.8 Å². The molecule has 0 radical (unpaired) electrons. The van der Waals surface area contributed by atoms with Gasteiger partial charge in [0.15, 0.2) is 18.4 Å². The van der Waals surface area contributed by atoms with Gasteiger partial charge < -0.3 is 0 Å². The molecule has 1 heterocycles. The number of pyridine rings is 1. The van der Waals surface area contributed by atoms with Gasteiger partial charge >= 0.3 is 0 Å². The lowest BCUT2D eigenvalue weighted by molar-refractivity contribution is -0.714. The summed E-state index contributed by atoms with van der Waals surface area (Å²) < 4.78 is 2.47. The number of rotatable bonds is 15. The fourth-order valence-corrected chi connectivity index (χ4v) is 4.38.